The van der Waals surface area contributed by atoms with Crippen molar-refractivity contribution < 1.29 is 19.1 Å². The van der Waals surface area contributed by atoms with Gasteiger partial charge in [-0.05, 0) is 35.9 Å². The van der Waals surface area contributed by atoms with Crippen LogP contribution in [0, 0.1) is 5.92 Å². The second-order valence-electron chi connectivity index (χ2n) is 7.58. The molecule has 1 fully saturated rings. The van der Waals surface area contributed by atoms with E-state index in [1.54, 1.807) is 49.8 Å². The molecule has 1 aromatic carbocycles. The lowest BCUT2D eigenvalue weighted by atomic mass is 9.84. The van der Waals surface area contributed by atoms with E-state index in [0.29, 0.717) is 21.3 Å². The Kier molecular flexibility index (Phi) is 5.51. The Morgan fingerprint density at radius 1 is 1.18 bits per heavy atom. The van der Waals surface area contributed by atoms with Crippen LogP contribution in [0.1, 0.15) is 16.4 Å². The smallest absolute Gasteiger partial charge is 0.308 e. The van der Waals surface area contributed by atoms with E-state index in [2.05, 4.69) is 15.6 Å². The summed E-state index contributed by atoms with van der Waals surface area (Å²) in [6, 6.07) is 10.4. The third kappa shape index (κ3) is 3.83. The zero-order valence-corrected chi connectivity index (χ0v) is 18.9. The third-order valence-corrected chi connectivity index (χ3v) is 8.22. The van der Waals surface area contributed by atoms with Crippen LogP contribution >= 0.6 is 23.1 Å². The molecule has 3 aromatic rings. The highest BCUT2D eigenvalue weighted by molar-refractivity contribution is 8.00. The van der Waals surface area contributed by atoms with Crippen molar-refractivity contribution in [1.82, 2.24) is 14.9 Å². The Morgan fingerprint density at radius 2 is 1.97 bits per heavy atom. The molecule has 3 amide bonds. The monoisotopic (exact) mass is 482 g/mol. The van der Waals surface area contributed by atoms with Gasteiger partial charge in [0, 0.05) is 28.9 Å². The van der Waals surface area contributed by atoms with Gasteiger partial charge in [0.1, 0.15) is 17.5 Å². The minimum absolute atomic E-state index is 0.212. The van der Waals surface area contributed by atoms with E-state index in [4.69, 9.17) is 4.74 Å². The normalized spacial score (nSPS) is 21.2. The van der Waals surface area contributed by atoms with Crippen LogP contribution in [-0.4, -0.2) is 39.6 Å². The highest BCUT2D eigenvalue weighted by Gasteiger charge is 2.52. The summed E-state index contributed by atoms with van der Waals surface area (Å²) in [6.07, 6.45) is 3.26. The number of nitrogens with one attached hydrogen (secondary N) is 2. The zero-order chi connectivity index (χ0) is 23.1. The van der Waals surface area contributed by atoms with Crippen molar-refractivity contribution in [2.75, 3.05) is 12.4 Å². The Morgan fingerprint density at radius 3 is 2.67 bits per heavy atom. The number of amides is 3. The van der Waals surface area contributed by atoms with E-state index in [1.807, 2.05) is 6.07 Å². The van der Waals surface area contributed by atoms with Gasteiger partial charge >= 0.3 is 4.87 Å². The molecule has 33 heavy (non-hydrogen) atoms. The Labute approximate surface area is 196 Å². The molecule has 0 saturated carbocycles. The fourth-order valence-electron chi connectivity index (χ4n) is 4.11. The van der Waals surface area contributed by atoms with Gasteiger partial charge in [-0.2, -0.15) is 0 Å². The number of thiazole rings is 1. The van der Waals surface area contributed by atoms with Crippen molar-refractivity contribution in [2.24, 2.45) is 5.92 Å². The summed E-state index contributed by atoms with van der Waals surface area (Å²) in [7, 11) is 1.55. The van der Waals surface area contributed by atoms with Gasteiger partial charge < -0.3 is 10.1 Å². The standard InChI is InChI=1S/C22H18N4O5S2/c1-31-13-6-4-12(5-7-13)24-14(27)10-26-21-18(33-22(26)30)15(11-3-2-8-23-9-11)16-17(32-21)20(29)25-19(16)28/h2-9,15-17H,10H2,1H3,(H,24,27)(H,25,28,29)/t15-,16+,17-/m0/s1. The van der Waals surface area contributed by atoms with Crippen molar-refractivity contribution in [2.45, 2.75) is 22.7 Å². The minimum Gasteiger partial charge on any atom is -0.497 e. The number of anilines is 1. The maximum absolute atomic E-state index is 12.9. The minimum atomic E-state index is -0.680. The molecule has 2 aliphatic heterocycles. The topological polar surface area (TPSA) is 119 Å². The summed E-state index contributed by atoms with van der Waals surface area (Å²) in [5.41, 5.74) is 1.31. The summed E-state index contributed by atoms with van der Waals surface area (Å²) in [5, 5.41) is 5.03. The lowest BCUT2D eigenvalue weighted by molar-refractivity contribution is -0.126. The first-order valence-electron chi connectivity index (χ1n) is 10.0. The molecular weight excluding hydrogens is 464 g/mol. The van der Waals surface area contributed by atoms with Crippen molar-refractivity contribution in [3.05, 3.63) is 68.9 Å². The van der Waals surface area contributed by atoms with Gasteiger partial charge in [0.25, 0.3) is 0 Å². The number of methoxy groups -OCH3 is 1. The Bertz CT molecular complexity index is 1300. The molecule has 9 nitrogen and oxygen atoms in total. The fraction of sp³-hybridized carbons (Fsp3) is 0.227. The van der Waals surface area contributed by atoms with E-state index in [1.165, 1.54) is 4.57 Å². The van der Waals surface area contributed by atoms with Crippen LogP contribution in [0.2, 0.25) is 0 Å². The van der Waals surface area contributed by atoms with Crippen LogP contribution < -0.4 is 20.2 Å². The van der Waals surface area contributed by atoms with Gasteiger partial charge in [-0.15, -0.1) is 0 Å². The number of carbonyl (C=O) groups is 3. The molecule has 2 aliphatic rings. The Hall–Kier alpha value is -3.44. The number of hydrogen-bond acceptors (Lipinski definition) is 8. The maximum Gasteiger partial charge on any atom is 0.308 e. The van der Waals surface area contributed by atoms with E-state index >= 15 is 0 Å². The van der Waals surface area contributed by atoms with Crippen LogP contribution in [0.25, 0.3) is 0 Å². The van der Waals surface area contributed by atoms with Crippen molar-refractivity contribution in [1.29, 1.82) is 0 Å². The molecule has 4 heterocycles. The molecule has 2 N–H and O–H groups in total. The highest BCUT2D eigenvalue weighted by Crippen LogP contribution is 2.51. The first-order valence-corrected chi connectivity index (χ1v) is 11.7. The van der Waals surface area contributed by atoms with Crippen LogP contribution in [-0.2, 0) is 20.9 Å². The first-order chi connectivity index (χ1) is 16.0. The molecular formula is C22H18N4O5S2. The average molecular weight is 483 g/mol. The number of rotatable bonds is 5. The fourth-order valence-corrected chi connectivity index (χ4v) is 6.85. The van der Waals surface area contributed by atoms with Gasteiger partial charge in [-0.25, -0.2) is 0 Å². The van der Waals surface area contributed by atoms with Gasteiger partial charge in [0.2, 0.25) is 17.7 Å². The summed E-state index contributed by atoms with van der Waals surface area (Å²) in [5.74, 6) is -1.60. The number of ether oxygens (including phenoxy) is 1. The summed E-state index contributed by atoms with van der Waals surface area (Å²) >= 11 is 2.16. The largest absolute Gasteiger partial charge is 0.497 e. The molecule has 0 aliphatic carbocycles. The molecule has 3 atom stereocenters. The first kappa shape index (κ1) is 21.4. The number of pyridine rings is 1. The second-order valence-corrected chi connectivity index (χ2v) is 9.71. The summed E-state index contributed by atoms with van der Waals surface area (Å²) in [4.78, 5) is 55.2. The SMILES string of the molecule is COc1ccc(NC(=O)Cn2c3c(sc2=O)[C@@H](c2cccnc2)[C@H]2C(=O)NC(=O)[C@H]2S3)cc1. The summed E-state index contributed by atoms with van der Waals surface area (Å²) in [6.45, 7) is -0.212. The van der Waals surface area contributed by atoms with E-state index < -0.39 is 17.1 Å². The van der Waals surface area contributed by atoms with Gasteiger partial charge in [0.15, 0.2) is 0 Å². The van der Waals surface area contributed by atoms with Crippen molar-refractivity contribution in [3.8, 4) is 5.75 Å². The van der Waals surface area contributed by atoms with Crippen molar-refractivity contribution >= 4 is 46.5 Å². The lowest BCUT2D eigenvalue weighted by Gasteiger charge is -2.30. The number of nitrogens with zero attached hydrogens (tertiary/aromatic N) is 2. The molecule has 5 rings (SSSR count). The predicted molar refractivity (Wildman–Crippen MR) is 123 cm³/mol. The molecule has 0 spiro atoms. The number of thioether (sulfide) groups is 1. The average Bonchev–Trinajstić information content (AvgIpc) is 3.28. The number of aromatic nitrogens is 2. The highest BCUT2D eigenvalue weighted by atomic mass is 32.2. The zero-order valence-electron chi connectivity index (χ0n) is 17.3. The molecule has 0 unspecified atom stereocenters. The third-order valence-electron chi connectivity index (χ3n) is 5.61. The van der Waals surface area contributed by atoms with Crippen LogP contribution in [0.15, 0.2) is 58.6 Å². The number of imide groups is 1. The van der Waals surface area contributed by atoms with E-state index in [-0.39, 0.29) is 29.1 Å². The van der Waals surface area contributed by atoms with E-state index in [9.17, 15) is 19.2 Å². The molecule has 0 bridgehead atoms. The van der Waals surface area contributed by atoms with E-state index in [0.717, 1.165) is 28.7 Å². The molecule has 0 radical (unpaired) electrons. The Balaban J connectivity index is 1.49. The second kappa shape index (κ2) is 8.49. The number of carbonyl (C=O) groups excluding carboxylic acids is 3. The quantitative estimate of drug-likeness (QED) is 0.533. The number of hydrogen-bond donors (Lipinski definition) is 2. The lowest BCUT2D eigenvalue weighted by Crippen LogP contribution is -2.32. The van der Waals surface area contributed by atoms with Crippen LogP contribution in [0.4, 0.5) is 5.69 Å². The van der Waals surface area contributed by atoms with Gasteiger partial charge in [0.05, 0.1) is 18.1 Å². The molecule has 168 valence electrons. The molecule has 2 aromatic heterocycles. The number of benzene rings is 1. The maximum atomic E-state index is 12.9. The van der Waals surface area contributed by atoms with Crippen LogP contribution in [0.3, 0.4) is 0 Å². The predicted octanol–water partition coefficient (Wildman–Crippen LogP) is 1.83. The van der Waals surface area contributed by atoms with Gasteiger partial charge in [-0.3, -0.25) is 34.0 Å². The van der Waals surface area contributed by atoms with Crippen molar-refractivity contribution in [3.63, 3.8) is 0 Å². The number of fused-ring (bicyclic) bond motifs is 2. The summed E-state index contributed by atoms with van der Waals surface area (Å²) < 4.78 is 6.49. The van der Waals surface area contributed by atoms with Gasteiger partial charge in [-0.1, -0.05) is 29.2 Å². The molecule has 11 heteroatoms. The molecule has 1 saturated heterocycles. The van der Waals surface area contributed by atoms with Crippen LogP contribution in [0.5, 0.6) is 5.75 Å².